The van der Waals surface area contributed by atoms with Gasteiger partial charge in [0.05, 0.1) is 5.69 Å². The smallest absolute Gasteiger partial charge is 0.192 e. The van der Waals surface area contributed by atoms with Gasteiger partial charge in [-0.3, -0.25) is 0 Å². The van der Waals surface area contributed by atoms with Crippen molar-refractivity contribution >= 4 is 13.5 Å². The van der Waals surface area contributed by atoms with E-state index in [1.54, 1.807) is 0 Å². The monoisotopic (exact) mass is 209 g/mol. The van der Waals surface area contributed by atoms with Crippen LogP contribution >= 0.6 is 0 Å². The molecule has 1 aliphatic heterocycles. The van der Waals surface area contributed by atoms with Crippen LogP contribution in [0.2, 0.25) is 0 Å². The van der Waals surface area contributed by atoms with Gasteiger partial charge in [-0.25, -0.2) is 0 Å². The van der Waals surface area contributed by atoms with Gasteiger partial charge in [0.1, 0.15) is 13.6 Å². The maximum Gasteiger partial charge on any atom is 0.192 e. The van der Waals surface area contributed by atoms with Gasteiger partial charge in [-0.1, -0.05) is 24.3 Å². The summed E-state index contributed by atoms with van der Waals surface area (Å²) in [4.78, 5) is 0. The minimum atomic E-state index is -0.0262. The molecular formula is C13H12BNO. The van der Waals surface area contributed by atoms with Gasteiger partial charge in [-0.15, -0.1) is 5.47 Å². The average Bonchev–Trinajstić information content (AvgIpc) is 2.73. The average molecular weight is 209 g/mol. The Morgan fingerprint density at radius 1 is 1.19 bits per heavy atom. The summed E-state index contributed by atoms with van der Waals surface area (Å²) in [6.45, 7) is 0. The maximum atomic E-state index is 5.83. The first-order valence-electron chi connectivity index (χ1n) is 5.50. The SMILES string of the molecule is [B]C1=CC=C(C2Nc3ccccc3O2)CC1. The van der Waals surface area contributed by atoms with Gasteiger partial charge in [0.2, 0.25) is 0 Å². The maximum absolute atomic E-state index is 5.83. The van der Waals surface area contributed by atoms with E-state index in [4.69, 9.17) is 12.6 Å². The van der Waals surface area contributed by atoms with E-state index in [0.717, 1.165) is 29.8 Å². The van der Waals surface area contributed by atoms with Crippen LogP contribution in [0.15, 0.2) is 47.5 Å². The molecule has 2 nitrogen and oxygen atoms in total. The number of fused-ring (bicyclic) bond motifs is 1. The molecule has 0 spiro atoms. The van der Waals surface area contributed by atoms with Crippen molar-refractivity contribution in [3.05, 3.63) is 47.5 Å². The number of anilines is 1. The third-order valence-corrected chi connectivity index (χ3v) is 2.97. The van der Waals surface area contributed by atoms with Crippen molar-refractivity contribution < 1.29 is 4.74 Å². The van der Waals surface area contributed by atoms with E-state index in [-0.39, 0.29) is 6.23 Å². The molecule has 3 rings (SSSR count). The molecule has 1 unspecified atom stereocenters. The Morgan fingerprint density at radius 3 is 2.81 bits per heavy atom. The summed E-state index contributed by atoms with van der Waals surface area (Å²) in [5.74, 6) is 0.927. The van der Waals surface area contributed by atoms with Crippen LogP contribution in [0.3, 0.4) is 0 Å². The van der Waals surface area contributed by atoms with E-state index in [9.17, 15) is 0 Å². The Kier molecular flexibility index (Phi) is 2.24. The first-order chi connectivity index (χ1) is 7.83. The number of rotatable bonds is 1. The Bertz CT molecular complexity index is 454. The summed E-state index contributed by atoms with van der Waals surface area (Å²) >= 11 is 0. The zero-order chi connectivity index (χ0) is 11.0. The highest BCUT2D eigenvalue weighted by molar-refractivity contribution is 6.21. The predicted octanol–water partition coefficient (Wildman–Crippen LogP) is 2.59. The second kappa shape index (κ2) is 3.74. The predicted molar refractivity (Wildman–Crippen MR) is 65.6 cm³/mol. The van der Waals surface area contributed by atoms with Crippen LogP contribution in [0.5, 0.6) is 5.75 Å². The highest BCUT2D eigenvalue weighted by atomic mass is 16.5. The van der Waals surface area contributed by atoms with Crippen LogP contribution in [0.4, 0.5) is 5.69 Å². The van der Waals surface area contributed by atoms with Crippen molar-refractivity contribution in [3.63, 3.8) is 0 Å². The normalized spacial score (nSPS) is 22.6. The molecule has 1 atom stereocenters. The number of hydrogen-bond acceptors (Lipinski definition) is 2. The molecule has 0 saturated heterocycles. The quantitative estimate of drug-likeness (QED) is 0.717. The van der Waals surface area contributed by atoms with E-state index in [1.807, 2.05) is 30.3 Å². The van der Waals surface area contributed by atoms with Gasteiger partial charge in [0.25, 0.3) is 0 Å². The molecule has 1 aromatic carbocycles. The van der Waals surface area contributed by atoms with E-state index >= 15 is 0 Å². The summed E-state index contributed by atoms with van der Waals surface area (Å²) in [6, 6.07) is 8.00. The van der Waals surface area contributed by atoms with Crippen LogP contribution in [0.1, 0.15) is 12.8 Å². The van der Waals surface area contributed by atoms with E-state index in [1.165, 1.54) is 5.57 Å². The topological polar surface area (TPSA) is 21.3 Å². The minimum absolute atomic E-state index is 0.0262. The molecular weight excluding hydrogens is 197 g/mol. The molecule has 1 heterocycles. The first kappa shape index (κ1) is 9.58. The lowest BCUT2D eigenvalue weighted by molar-refractivity contribution is 0.284. The standard InChI is InChI=1S/C13H12BNO/c14-10-7-5-9(6-8-10)13-15-11-3-1-2-4-12(11)16-13/h1-5,7,13,15H,6,8H2. The lowest BCUT2D eigenvalue weighted by atomic mass is 9.85. The fraction of sp³-hybridized carbons (Fsp3) is 0.231. The third kappa shape index (κ3) is 1.62. The number of benzene rings is 1. The van der Waals surface area contributed by atoms with Crippen molar-refractivity contribution in [1.82, 2.24) is 0 Å². The van der Waals surface area contributed by atoms with E-state index in [0.29, 0.717) is 0 Å². The van der Waals surface area contributed by atoms with Crippen LogP contribution in [0, 0.1) is 0 Å². The molecule has 0 saturated carbocycles. The Morgan fingerprint density at radius 2 is 2.06 bits per heavy atom. The van der Waals surface area contributed by atoms with Crippen LogP contribution in [-0.4, -0.2) is 14.1 Å². The molecule has 1 aliphatic carbocycles. The summed E-state index contributed by atoms with van der Waals surface area (Å²) < 4.78 is 5.83. The number of ether oxygens (including phenoxy) is 1. The molecule has 16 heavy (non-hydrogen) atoms. The van der Waals surface area contributed by atoms with E-state index in [2.05, 4.69) is 11.4 Å². The molecule has 3 heteroatoms. The summed E-state index contributed by atoms with van der Waals surface area (Å²) in [7, 11) is 5.74. The molecule has 1 aromatic rings. The lowest BCUT2D eigenvalue weighted by Crippen LogP contribution is -2.23. The molecule has 0 aromatic heterocycles. The second-order valence-corrected chi connectivity index (χ2v) is 4.12. The second-order valence-electron chi connectivity index (χ2n) is 4.12. The van der Waals surface area contributed by atoms with Crippen LogP contribution in [0.25, 0.3) is 0 Å². The van der Waals surface area contributed by atoms with Crippen molar-refractivity contribution in [3.8, 4) is 5.75 Å². The van der Waals surface area contributed by atoms with Gasteiger partial charge < -0.3 is 10.1 Å². The fourth-order valence-corrected chi connectivity index (χ4v) is 2.04. The minimum Gasteiger partial charge on any atom is -0.465 e. The Labute approximate surface area is 96.4 Å². The molecule has 2 radical (unpaired) electrons. The number of allylic oxidation sites excluding steroid dienone is 3. The first-order valence-corrected chi connectivity index (χ1v) is 5.50. The summed E-state index contributed by atoms with van der Waals surface area (Å²) in [5, 5.41) is 3.36. The summed E-state index contributed by atoms with van der Waals surface area (Å²) in [6.07, 6.45) is 5.88. The molecule has 0 bridgehead atoms. The van der Waals surface area contributed by atoms with Gasteiger partial charge in [-0.05, 0) is 30.5 Å². The van der Waals surface area contributed by atoms with Crippen molar-refractivity contribution in [2.75, 3.05) is 5.32 Å². The molecule has 2 aliphatic rings. The van der Waals surface area contributed by atoms with Gasteiger partial charge in [0, 0.05) is 0 Å². The number of para-hydroxylation sites is 2. The fourth-order valence-electron chi connectivity index (χ4n) is 2.04. The number of hydrogen-bond donors (Lipinski definition) is 1. The molecule has 78 valence electrons. The lowest BCUT2D eigenvalue weighted by Gasteiger charge is -2.18. The zero-order valence-corrected chi connectivity index (χ0v) is 8.94. The highest BCUT2D eigenvalue weighted by Crippen LogP contribution is 2.35. The van der Waals surface area contributed by atoms with Crippen LogP contribution in [-0.2, 0) is 0 Å². The Balaban J connectivity index is 1.82. The van der Waals surface area contributed by atoms with Crippen molar-refractivity contribution in [1.29, 1.82) is 0 Å². The molecule has 0 fully saturated rings. The highest BCUT2D eigenvalue weighted by Gasteiger charge is 2.24. The molecule has 1 N–H and O–H groups in total. The van der Waals surface area contributed by atoms with E-state index < -0.39 is 0 Å². The third-order valence-electron chi connectivity index (χ3n) is 2.97. The molecule has 0 amide bonds. The van der Waals surface area contributed by atoms with Gasteiger partial charge >= 0.3 is 0 Å². The number of nitrogens with one attached hydrogen (secondary N) is 1. The van der Waals surface area contributed by atoms with Gasteiger partial charge in [0.15, 0.2) is 6.23 Å². The van der Waals surface area contributed by atoms with Crippen molar-refractivity contribution in [2.45, 2.75) is 19.1 Å². The largest absolute Gasteiger partial charge is 0.465 e. The van der Waals surface area contributed by atoms with Gasteiger partial charge in [-0.2, -0.15) is 0 Å². The zero-order valence-electron chi connectivity index (χ0n) is 8.94. The summed E-state index contributed by atoms with van der Waals surface area (Å²) in [5.41, 5.74) is 3.26. The van der Waals surface area contributed by atoms with Crippen molar-refractivity contribution in [2.24, 2.45) is 0 Å². The Hall–Kier alpha value is -1.64. The van der Waals surface area contributed by atoms with Crippen LogP contribution < -0.4 is 10.1 Å².